The van der Waals surface area contributed by atoms with E-state index >= 15 is 0 Å². The van der Waals surface area contributed by atoms with E-state index in [0.717, 1.165) is 18.1 Å². The quantitative estimate of drug-likeness (QED) is 0.250. The molecule has 15 heteroatoms. The maximum absolute atomic E-state index is 13.7. The fourth-order valence-electron chi connectivity index (χ4n) is 4.16. The summed E-state index contributed by atoms with van der Waals surface area (Å²) < 4.78 is 52.6. The molecule has 11 nitrogen and oxygen atoms in total. The molecule has 0 aliphatic carbocycles. The number of anilines is 1. The fourth-order valence-corrected chi connectivity index (χ4v) is 4.91. The number of pyridine rings is 1. The van der Waals surface area contributed by atoms with Crippen LogP contribution in [-0.4, -0.2) is 98.1 Å². The van der Waals surface area contributed by atoms with Crippen LogP contribution in [0.3, 0.4) is 0 Å². The van der Waals surface area contributed by atoms with Gasteiger partial charge in [-0.15, -0.1) is 0 Å². The number of amides is 1. The molecule has 1 amide bonds. The molecule has 0 atom stereocenters. The Balaban J connectivity index is 1.44. The Morgan fingerprint density at radius 3 is 2.43 bits per heavy atom. The van der Waals surface area contributed by atoms with Crippen molar-refractivity contribution in [1.82, 2.24) is 24.6 Å². The molecule has 3 heterocycles. The van der Waals surface area contributed by atoms with Crippen LogP contribution in [-0.2, 0) is 22.4 Å². The molecule has 1 aliphatic heterocycles. The Morgan fingerprint density at radius 1 is 1.12 bits per heavy atom. The van der Waals surface area contributed by atoms with Crippen molar-refractivity contribution in [2.75, 3.05) is 64.4 Å². The predicted octanol–water partition coefficient (Wildman–Crippen LogP) is 2.89. The second-order valence-electron chi connectivity index (χ2n) is 11.3. The average molecular weight is 610 g/mol. The molecule has 2 aromatic rings. The lowest BCUT2D eigenvalue weighted by molar-refractivity contribution is -0.141. The number of halogens is 3. The number of rotatable bonds is 13. The summed E-state index contributed by atoms with van der Waals surface area (Å²) in [4.78, 5) is 35.2. The number of aromatic nitrogens is 3. The van der Waals surface area contributed by atoms with E-state index in [9.17, 15) is 22.8 Å². The predicted molar refractivity (Wildman–Crippen MR) is 153 cm³/mol. The normalized spacial score (nSPS) is 14.3. The number of piperazine rings is 1. The van der Waals surface area contributed by atoms with Crippen LogP contribution in [0.4, 0.5) is 19.0 Å². The Morgan fingerprint density at radius 2 is 1.83 bits per heavy atom. The van der Waals surface area contributed by atoms with Gasteiger partial charge >= 0.3 is 6.18 Å². The molecule has 0 aromatic carbocycles. The minimum atomic E-state index is -4.92. The van der Waals surface area contributed by atoms with Gasteiger partial charge in [0.15, 0.2) is 11.3 Å². The topological polar surface area (TPSA) is 117 Å². The van der Waals surface area contributed by atoms with Crippen molar-refractivity contribution < 1.29 is 27.4 Å². The molecule has 3 rings (SSSR count). The van der Waals surface area contributed by atoms with E-state index in [0.29, 0.717) is 49.6 Å². The number of hydrogen-bond donors (Lipinski definition) is 0. The van der Waals surface area contributed by atoms with Gasteiger partial charge in [-0.2, -0.15) is 23.5 Å². The summed E-state index contributed by atoms with van der Waals surface area (Å²) >= 11 is 0. The number of ether oxygens (including phenoxy) is 2. The van der Waals surface area contributed by atoms with Gasteiger partial charge in [-0.3, -0.25) is 9.59 Å². The highest BCUT2D eigenvalue weighted by atomic mass is 28.3. The lowest BCUT2D eigenvalue weighted by Crippen LogP contribution is -2.49. The number of hydrogen-bond acceptors (Lipinski definition) is 9. The number of likely N-dealkylation sites (N-methyl/N-ethyl adjacent to an activating group) is 1. The van der Waals surface area contributed by atoms with Gasteiger partial charge in [-0.05, 0) is 25.2 Å². The molecule has 230 valence electrons. The molecule has 1 aliphatic rings. The van der Waals surface area contributed by atoms with Gasteiger partial charge in [0.25, 0.3) is 5.56 Å². The van der Waals surface area contributed by atoms with Gasteiger partial charge in [-0.25, -0.2) is 9.67 Å². The third-order valence-corrected chi connectivity index (χ3v) is 8.48. The molecule has 0 unspecified atom stereocenters. The van der Waals surface area contributed by atoms with Gasteiger partial charge in [0.1, 0.15) is 25.2 Å². The maximum Gasteiger partial charge on any atom is 0.425 e. The standard InChI is InChI=1S/C27H38F3N7O4Si/c1-34(8-7-24(38)36-11-9-35(10-12-36)23-6-5-21(17-31)18-32-23)13-14-41-22-19-33-37(20-40-15-16-42(2,3)4)26(39)25(22)27(28,29)30/h5-6,18-19H,7-16,20H2,1-4H3. The van der Waals surface area contributed by atoms with Crippen molar-refractivity contribution in [3.8, 4) is 11.8 Å². The Kier molecular flexibility index (Phi) is 11.5. The summed E-state index contributed by atoms with van der Waals surface area (Å²) in [7, 11) is 0.349. The summed E-state index contributed by atoms with van der Waals surface area (Å²) in [5, 5.41) is 12.7. The second-order valence-corrected chi connectivity index (χ2v) is 16.9. The molecule has 1 saturated heterocycles. The SMILES string of the molecule is CN(CCOc1cnn(COCC[Si](C)(C)C)c(=O)c1C(F)(F)F)CCC(=O)N1CCN(c2ccc(C#N)cn2)CC1. The fraction of sp³-hybridized carbons (Fsp3) is 0.593. The molecule has 1 fully saturated rings. The van der Waals surface area contributed by atoms with Crippen LogP contribution in [0.2, 0.25) is 25.7 Å². The number of nitrogens with zero attached hydrogens (tertiary/aromatic N) is 7. The summed E-state index contributed by atoms with van der Waals surface area (Å²) in [6.07, 6.45) is -2.27. The van der Waals surface area contributed by atoms with Gasteiger partial charge < -0.3 is 24.2 Å². The van der Waals surface area contributed by atoms with E-state index in [4.69, 9.17) is 14.7 Å². The van der Waals surface area contributed by atoms with Crippen molar-refractivity contribution in [1.29, 1.82) is 5.26 Å². The van der Waals surface area contributed by atoms with E-state index in [1.165, 1.54) is 6.20 Å². The van der Waals surface area contributed by atoms with E-state index < -0.39 is 31.1 Å². The zero-order chi connectivity index (χ0) is 30.9. The van der Waals surface area contributed by atoms with Crippen molar-refractivity contribution in [3.05, 3.63) is 46.0 Å². The molecule has 0 radical (unpaired) electrons. The van der Waals surface area contributed by atoms with Crippen LogP contribution in [0.25, 0.3) is 0 Å². The first-order valence-corrected chi connectivity index (χ1v) is 17.4. The lowest BCUT2D eigenvalue weighted by Gasteiger charge is -2.35. The van der Waals surface area contributed by atoms with Gasteiger partial charge in [0, 0.05) is 66.6 Å². The lowest BCUT2D eigenvalue weighted by atomic mass is 10.2. The van der Waals surface area contributed by atoms with Crippen molar-refractivity contribution in [3.63, 3.8) is 0 Å². The van der Waals surface area contributed by atoms with Crippen molar-refractivity contribution >= 4 is 19.8 Å². The molecule has 0 spiro atoms. The maximum atomic E-state index is 13.7. The molecular weight excluding hydrogens is 571 g/mol. The average Bonchev–Trinajstić information content (AvgIpc) is 2.94. The Hall–Kier alpha value is -3.48. The van der Waals surface area contributed by atoms with Gasteiger partial charge in [0.05, 0.1) is 11.8 Å². The highest BCUT2D eigenvalue weighted by Gasteiger charge is 2.39. The van der Waals surface area contributed by atoms with E-state index in [-0.39, 0.29) is 32.2 Å². The molecule has 0 bridgehead atoms. The highest BCUT2D eigenvalue weighted by molar-refractivity contribution is 6.76. The Labute approximate surface area is 244 Å². The van der Waals surface area contributed by atoms with Crippen LogP contribution >= 0.6 is 0 Å². The smallest absolute Gasteiger partial charge is 0.425 e. The largest absolute Gasteiger partial charge is 0.490 e. The molecule has 0 saturated carbocycles. The minimum Gasteiger partial charge on any atom is -0.490 e. The zero-order valence-corrected chi connectivity index (χ0v) is 25.5. The molecule has 42 heavy (non-hydrogen) atoms. The molecule has 0 N–H and O–H groups in total. The van der Waals surface area contributed by atoms with Crippen molar-refractivity contribution in [2.45, 2.75) is 45.0 Å². The van der Waals surface area contributed by atoms with Gasteiger partial charge in [-0.1, -0.05) is 19.6 Å². The van der Waals surface area contributed by atoms with Crippen LogP contribution in [0.5, 0.6) is 5.75 Å². The number of carbonyl (C=O) groups is 1. The number of alkyl halides is 3. The van der Waals surface area contributed by atoms with Crippen LogP contribution < -0.4 is 15.2 Å². The first-order chi connectivity index (χ1) is 19.8. The Bertz CT molecular complexity index is 1290. The van der Waals surface area contributed by atoms with Crippen molar-refractivity contribution in [2.24, 2.45) is 0 Å². The minimum absolute atomic E-state index is 0.0190. The van der Waals surface area contributed by atoms with E-state index in [1.807, 2.05) is 6.07 Å². The first-order valence-electron chi connectivity index (χ1n) is 13.7. The van der Waals surface area contributed by atoms with Crippen LogP contribution in [0.15, 0.2) is 29.3 Å². The summed E-state index contributed by atoms with van der Waals surface area (Å²) in [6.45, 7) is 9.22. The number of nitriles is 1. The summed E-state index contributed by atoms with van der Waals surface area (Å²) in [5.74, 6) is 0.104. The summed E-state index contributed by atoms with van der Waals surface area (Å²) in [5.41, 5.74) is -2.25. The zero-order valence-electron chi connectivity index (χ0n) is 24.5. The second kappa shape index (κ2) is 14.6. The summed E-state index contributed by atoms with van der Waals surface area (Å²) in [6, 6.07) is 6.34. The molecular formula is C27H38F3N7O4Si. The monoisotopic (exact) mass is 609 g/mol. The third kappa shape index (κ3) is 9.81. The van der Waals surface area contributed by atoms with E-state index in [1.54, 1.807) is 29.0 Å². The third-order valence-electron chi connectivity index (χ3n) is 6.77. The van der Waals surface area contributed by atoms with Crippen LogP contribution in [0.1, 0.15) is 17.5 Å². The van der Waals surface area contributed by atoms with Gasteiger partial charge in [0.2, 0.25) is 5.91 Å². The van der Waals surface area contributed by atoms with Crippen LogP contribution in [0, 0.1) is 11.3 Å². The first kappa shape index (κ1) is 33.0. The van der Waals surface area contributed by atoms with E-state index in [2.05, 4.69) is 34.6 Å². The highest BCUT2D eigenvalue weighted by Crippen LogP contribution is 2.33. The number of carbonyl (C=O) groups excluding carboxylic acids is 1. The molecule has 2 aromatic heterocycles.